The summed E-state index contributed by atoms with van der Waals surface area (Å²) in [6.45, 7) is 1.90. The minimum absolute atomic E-state index is 0.0710. The van der Waals surface area contributed by atoms with Gasteiger partial charge in [-0.1, -0.05) is 18.0 Å². The molecule has 7 heteroatoms. The SMILES string of the molecule is Cc1cc(S(=O)(=O)N[C@H]2CCC[C@@H]2CCO)sc1Cl. The van der Waals surface area contributed by atoms with Gasteiger partial charge in [0, 0.05) is 12.6 Å². The summed E-state index contributed by atoms with van der Waals surface area (Å²) in [7, 11) is -3.49. The van der Waals surface area contributed by atoms with E-state index in [2.05, 4.69) is 4.72 Å². The van der Waals surface area contributed by atoms with E-state index >= 15 is 0 Å². The van der Waals surface area contributed by atoms with Gasteiger partial charge in [0.15, 0.2) is 0 Å². The molecule has 0 spiro atoms. The number of hydrogen-bond acceptors (Lipinski definition) is 4. The number of rotatable bonds is 5. The van der Waals surface area contributed by atoms with Crippen LogP contribution in [-0.2, 0) is 10.0 Å². The highest BCUT2D eigenvalue weighted by Crippen LogP contribution is 2.33. The third kappa shape index (κ3) is 3.49. The first kappa shape index (κ1) is 15.3. The molecule has 2 N–H and O–H groups in total. The molecule has 1 aliphatic rings. The highest BCUT2D eigenvalue weighted by Gasteiger charge is 2.31. The Labute approximate surface area is 122 Å². The van der Waals surface area contributed by atoms with Gasteiger partial charge < -0.3 is 5.11 Å². The molecule has 1 saturated carbocycles. The summed E-state index contributed by atoms with van der Waals surface area (Å²) in [6.07, 6.45) is 3.46. The molecule has 0 aliphatic heterocycles. The molecule has 0 aromatic carbocycles. The average Bonchev–Trinajstić information content (AvgIpc) is 2.88. The van der Waals surface area contributed by atoms with Crippen molar-refractivity contribution in [2.75, 3.05) is 6.61 Å². The van der Waals surface area contributed by atoms with Crippen molar-refractivity contribution in [3.8, 4) is 0 Å². The molecule has 108 valence electrons. The lowest BCUT2D eigenvalue weighted by atomic mass is 10.0. The van der Waals surface area contributed by atoms with E-state index in [1.54, 1.807) is 13.0 Å². The maximum atomic E-state index is 12.3. The highest BCUT2D eigenvalue weighted by molar-refractivity contribution is 7.91. The van der Waals surface area contributed by atoms with E-state index in [1.807, 2.05) is 0 Å². The highest BCUT2D eigenvalue weighted by atomic mass is 35.5. The molecular formula is C12H18ClNO3S2. The first-order chi connectivity index (χ1) is 8.94. The fourth-order valence-electron chi connectivity index (χ4n) is 2.52. The van der Waals surface area contributed by atoms with Gasteiger partial charge >= 0.3 is 0 Å². The molecule has 1 fully saturated rings. The second-order valence-corrected chi connectivity index (χ2v) is 8.55. The monoisotopic (exact) mass is 323 g/mol. The normalized spacial score (nSPS) is 23.9. The topological polar surface area (TPSA) is 66.4 Å². The number of halogens is 1. The van der Waals surface area contributed by atoms with Crippen LogP contribution in [0.5, 0.6) is 0 Å². The van der Waals surface area contributed by atoms with E-state index in [4.69, 9.17) is 16.7 Å². The predicted molar refractivity (Wildman–Crippen MR) is 77.2 cm³/mol. The standard InChI is InChI=1S/C12H18ClNO3S2/c1-8-7-11(18-12(8)13)19(16,17)14-10-4-2-3-9(10)5-6-15/h7,9-10,14-15H,2-6H2,1H3/t9-,10+/m1/s1. The molecule has 1 aliphatic carbocycles. The maximum Gasteiger partial charge on any atom is 0.250 e. The predicted octanol–water partition coefficient (Wildman–Crippen LogP) is 2.54. The van der Waals surface area contributed by atoms with Crippen LogP contribution < -0.4 is 4.72 Å². The van der Waals surface area contributed by atoms with Gasteiger partial charge in [0.25, 0.3) is 0 Å². The number of hydrogen-bond donors (Lipinski definition) is 2. The van der Waals surface area contributed by atoms with Crippen molar-refractivity contribution in [3.05, 3.63) is 16.0 Å². The zero-order chi connectivity index (χ0) is 14.0. The molecule has 0 radical (unpaired) electrons. The van der Waals surface area contributed by atoms with Crippen LogP contribution >= 0.6 is 22.9 Å². The summed E-state index contributed by atoms with van der Waals surface area (Å²) in [4.78, 5) is 0. The van der Waals surface area contributed by atoms with E-state index in [1.165, 1.54) is 0 Å². The van der Waals surface area contributed by atoms with Gasteiger partial charge in [-0.05, 0) is 43.7 Å². The lowest BCUT2D eigenvalue weighted by Crippen LogP contribution is -2.37. The third-order valence-electron chi connectivity index (χ3n) is 3.56. The van der Waals surface area contributed by atoms with Crippen LogP contribution in [0, 0.1) is 12.8 Å². The Bertz CT molecular complexity index is 522. The Hall–Kier alpha value is -0.140. The average molecular weight is 324 g/mol. The summed E-state index contributed by atoms with van der Waals surface area (Å²) in [5.74, 6) is 0.233. The van der Waals surface area contributed by atoms with Crippen molar-refractivity contribution in [1.29, 1.82) is 0 Å². The molecule has 1 heterocycles. The van der Waals surface area contributed by atoms with E-state index in [9.17, 15) is 8.42 Å². The maximum absolute atomic E-state index is 12.3. The summed E-state index contributed by atoms with van der Waals surface area (Å²) in [5, 5.41) is 9.01. The molecule has 2 rings (SSSR count). The fraction of sp³-hybridized carbons (Fsp3) is 0.667. The van der Waals surface area contributed by atoms with Crippen LogP contribution in [0.15, 0.2) is 10.3 Å². The molecule has 0 bridgehead atoms. The van der Waals surface area contributed by atoms with E-state index in [0.717, 1.165) is 36.2 Å². The Morgan fingerprint density at radius 3 is 2.84 bits per heavy atom. The second kappa shape index (κ2) is 6.10. The molecule has 0 unspecified atom stereocenters. The number of aliphatic hydroxyl groups excluding tert-OH is 1. The van der Waals surface area contributed by atoms with Crippen molar-refractivity contribution in [3.63, 3.8) is 0 Å². The molecule has 1 aromatic rings. The van der Waals surface area contributed by atoms with Crippen LogP contribution in [0.4, 0.5) is 0 Å². The van der Waals surface area contributed by atoms with Crippen molar-refractivity contribution < 1.29 is 13.5 Å². The molecule has 1 aromatic heterocycles. The number of thiophene rings is 1. The van der Waals surface area contributed by atoms with Crippen molar-refractivity contribution in [2.24, 2.45) is 5.92 Å². The third-order valence-corrected chi connectivity index (χ3v) is 7.08. The van der Waals surface area contributed by atoms with E-state index in [-0.39, 0.29) is 22.8 Å². The van der Waals surface area contributed by atoms with Crippen LogP contribution in [0.3, 0.4) is 0 Å². The Morgan fingerprint density at radius 1 is 1.53 bits per heavy atom. The summed E-state index contributed by atoms with van der Waals surface area (Å²) >= 11 is 7.01. The number of nitrogens with one attached hydrogen (secondary N) is 1. The fourth-order valence-corrected chi connectivity index (χ4v) is 5.59. The number of sulfonamides is 1. The minimum Gasteiger partial charge on any atom is -0.396 e. The summed E-state index contributed by atoms with van der Waals surface area (Å²) < 4.78 is 28.1. The van der Waals surface area contributed by atoms with Crippen LogP contribution in [-0.4, -0.2) is 26.2 Å². The van der Waals surface area contributed by atoms with Gasteiger partial charge in [-0.15, -0.1) is 11.3 Å². The van der Waals surface area contributed by atoms with Crippen molar-refractivity contribution in [1.82, 2.24) is 4.72 Å². The van der Waals surface area contributed by atoms with Gasteiger partial charge in [0.05, 0.1) is 4.34 Å². The zero-order valence-electron chi connectivity index (χ0n) is 10.7. The van der Waals surface area contributed by atoms with Gasteiger partial charge in [0.1, 0.15) is 4.21 Å². The van der Waals surface area contributed by atoms with Gasteiger partial charge in [0.2, 0.25) is 10.0 Å². The first-order valence-electron chi connectivity index (χ1n) is 6.33. The van der Waals surface area contributed by atoms with Crippen molar-refractivity contribution >= 4 is 33.0 Å². The zero-order valence-corrected chi connectivity index (χ0v) is 13.1. The molecular weight excluding hydrogens is 306 g/mol. The summed E-state index contributed by atoms with van der Waals surface area (Å²) in [6, 6.07) is 1.53. The van der Waals surface area contributed by atoms with Crippen LogP contribution in [0.1, 0.15) is 31.2 Å². The lowest BCUT2D eigenvalue weighted by Gasteiger charge is -2.19. The largest absolute Gasteiger partial charge is 0.396 e. The Morgan fingerprint density at radius 2 is 2.26 bits per heavy atom. The number of aryl methyl sites for hydroxylation is 1. The minimum atomic E-state index is -3.49. The molecule has 2 atom stereocenters. The Kier molecular flexibility index (Phi) is 4.89. The summed E-state index contributed by atoms with van der Waals surface area (Å²) in [5.41, 5.74) is 0.783. The smallest absolute Gasteiger partial charge is 0.250 e. The van der Waals surface area contributed by atoms with Gasteiger partial charge in [-0.2, -0.15) is 0 Å². The first-order valence-corrected chi connectivity index (χ1v) is 9.01. The molecule has 0 amide bonds. The van der Waals surface area contributed by atoms with Gasteiger partial charge in [-0.25, -0.2) is 13.1 Å². The molecule has 4 nitrogen and oxygen atoms in total. The van der Waals surface area contributed by atoms with E-state index < -0.39 is 10.0 Å². The second-order valence-electron chi connectivity index (χ2n) is 4.95. The Balaban J connectivity index is 2.13. The van der Waals surface area contributed by atoms with Crippen molar-refractivity contribution in [2.45, 2.75) is 42.9 Å². The molecule has 19 heavy (non-hydrogen) atoms. The lowest BCUT2D eigenvalue weighted by molar-refractivity contribution is 0.248. The van der Waals surface area contributed by atoms with E-state index in [0.29, 0.717) is 10.8 Å². The quantitative estimate of drug-likeness (QED) is 0.875. The van der Waals surface area contributed by atoms with Crippen LogP contribution in [0.25, 0.3) is 0 Å². The molecule has 0 saturated heterocycles. The van der Waals surface area contributed by atoms with Gasteiger partial charge in [-0.3, -0.25) is 0 Å². The number of aliphatic hydroxyl groups is 1. The van der Waals surface area contributed by atoms with Crippen LogP contribution in [0.2, 0.25) is 4.34 Å².